The van der Waals surface area contributed by atoms with Gasteiger partial charge >= 0.3 is 11.8 Å². The molecule has 0 saturated carbocycles. The van der Waals surface area contributed by atoms with E-state index in [1.54, 1.807) is 24.3 Å². The maximum absolute atomic E-state index is 15.5. The van der Waals surface area contributed by atoms with E-state index in [0.29, 0.717) is 22.4 Å². The van der Waals surface area contributed by atoms with Crippen molar-refractivity contribution in [2.45, 2.75) is 49.5 Å². The van der Waals surface area contributed by atoms with Crippen molar-refractivity contribution >= 4 is 17.3 Å². The molecule has 10 nitrogen and oxygen atoms in total. The predicted octanol–water partition coefficient (Wildman–Crippen LogP) is 3.65. The Kier molecular flexibility index (Phi) is 6.59. The van der Waals surface area contributed by atoms with Crippen molar-refractivity contribution in [3.05, 3.63) is 93.8 Å². The molecule has 1 amide bonds. The van der Waals surface area contributed by atoms with Crippen molar-refractivity contribution in [3.8, 4) is 0 Å². The molecule has 0 bridgehead atoms. The fourth-order valence-corrected chi connectivity index (χ4v) is 6.65. The number of hydrogen-bond donors (Lipinski definition) is 4. The summed E-state index contributed by atoms with van der Waals surface area (Å²) in [4.78, 5) is 38.6. The first kappa shape index (κ1) is 26.1. The van der Waals surface area contributed by atoms with Crippen LogP contribution >= 0.6 is 0 Å². The largest absolute Gasteiger partial charge is 0.465 e. The van der Waals surface area contributed by atoms with Gasteiger partial charge in [0.2, 0.25) is 0 Å². The summed E-state index contributed by atoms with van der Waals surface area (Å²) in [6.45, 7) is -0.0520. The number of fused-ring (bicyclic) bond motifs is 2. The number of carboxylic acid groups (broad SMARTS) is 1. The Morgan fingerprint density at radius 3 is 2.52 bits per heavy atom. The number of halogens is 2. The van der Waals surface area contributed by atoms with Gasteiger partial charge in [0.05, 0.1) is 17.7 Å². The topological polar surface area (TPSA) is 145 Å². The third-order valence-electron chi connectivity index (χ3n) is 8.32. The quantitative estimate of drug-likeness (QED) is 0.285. The van der Waals surface area contributed by atoms with Crippen molar-refractivity contribution in [2.24, 2.45) is 5.92 Å². The normalized spacial score (nSPS) is 26.9. The molecule has 1 aliphatic carbocycles. The minimum absolute atomic E-state index is 0.0520. The molecule has 2 aliphatic rings. The van der Waals surface area contributed by atoms with Gasteiger partial charge < -0.3 is 20.2 Å². The molecule has 208 valence electrons. The first-order chi connectivity index (χ1) is 19.3. The van der Waals surface area contributed by atoms with Gasteiger partial charge in [0, 0.05) is 53.6 Å². The molecule has 3 unspecified atom stereocenters. The number of aliphatic hydroxyl groups is 2. The zero-order valence-electron chi connectivity index (χ0n) is 21.2. The predicted molar refractivity (Wildman–Crippen MR) is 139 cm³/mol. The molecular weight excluding hydrogens is 524 g/mol. The number of benzene rings is 1. The molecule has 12 heteroatoms. The number of amides is 1. The molecule has 1 fully saturated rings. The molecule has 0 spiro atoms. The highest BCUT2D eigenvalue weighted by atomic mass is 19.2. The number of pyridine rings is 2. The summed E-state index contributed by atoms with van der Waals surface area (Å²) < 4.78 is 31.6. The van der Waals surface area contributed by atoms with Gasteiger partial charge in [0.15, 0.2) is 17.3 Å². The van der Waals surface area contributed by atoms with Crippen LogP contribution in [-0.2, 0) is 0 Å². The number of H-pyrrole nitrogens is 1. The van der Waals surface area contributed by atoms with Gasteiger partial charge in [-0.3, -0.25) is 14.5 Å². The standard InChI is InChI=1S/C28H27F2N5O5/c29-17-6-1-4-15(22(17)30)24-21(14-8-9-20(36)25(37)16-5-2-11-31-23(14)16)18(10-13-34(24)28(39)40)35-19-7-3-12-32-26(19)33-27(35)38/h1-7,11-12,14,18,20-21,24-25,36-37H,8-10,13H2,(H,39,40)(H,32,33,38)/t14-,18?,20?,21+,24+,25?/m1/s1. The van der Waals surface area contributed by atoms with E-state index in [1.807, 2.05) is 0 Å². The van der Waals surface area contributed by atoms with Crippen LogP contribution in [0.25, 0.3) is 11.2 Å². The number of piperidine rings is 1. The molecule has 40 heavy (non-hydrogen) atoms. The fraction of sp³-hybridized carbons (Fsp3) is 0.357. The van der Waals surface area contributed by atoms with Gasteiger partial charge in [-0.15, -0.1) is 0 Å². The Balaban J connectivity index is 1.63. The third kappa shape index (κ3) is 4.14. The van der Waals surface area contributed by atoms with E-state index in [4.69, 9.17) is 0 Å². The molecule has 4 N–H and O–H groups in total. The SMILES string of the molecule is O=C(O)N1CCC(n2c(=O)[nH]c3ncccc32)[C@H]([C@H]2CCC(O)C(O)c3cccnc32)[C@@H]1c1cccc(F)c1F. The van der Waals surface area contributed by atoms with Gasteiger partial charge in [-0.05, 0) is 43.5 Å². The molecule has 1 aliphatic heterocycles. The summed E-state index contributed by atoms with van der Waals surface area (Å²) in [5.41, 5.74) is 0.980. The number of rotatable bonds is 3. The van der Waals surface area contributed by atoms with Crippen LogP contribution in [0.15, 0.2) is 59.7 Å². The molecular formula is C28H27F2N5O5. The van der Waals surface area contributed by atoms with Crippen LogP contribution in [0.4, 0.5) is 13.6 Å². The van der Waals surface area contributed by atoms with Crippen LogP contribution in [0.2, 0.25) is 0 Å². The molecule has 4 heterocycles. The molecule has 1 saturated heterocycles. The van der Waals surface area contributed by atoms with Crippen molar-refractivity contribution in [3.63, 3.8) is 0 Å². The number of aromatic nitrogens is 4. The Bertz CT molecular complexity index is 1640. The van der Waals surface area contributed by atoms with Crippen LogP contribution in [0.3, 0.4) is 0 Å². The van der Waals surface area contributed by atoms with E-state index in [-0.39, 0.29) is 31.4 Å². The van der Waals surface area contributed by atoms with Crippen LogP contribution in [0, 0.1) is 17.6 Å². The van der Waals surface area contributed by atoms with Crippen molar-refractivity contribution < 1.29 is 28.9 Å². The maximum Gasteiger partial charge on any atom is 0.407 e. The minimum atomic E-state index is -1.32. The van der Waals surface area contributed by atoms with E-state index in [0.717, 1.165) is 11.0 Å². The lowest BCUT2D eigenvalue weighted by atomic mass is 9.70. The molecule has 4 aromatic rings. The molecule has 1 aromatic carbocycles. The van der Waals surface area contributed by atoms with E-state index >= 15 is 4.39 Å². The highest BCUT2D eigenvalue weighted by Gasteiger charge is 2.49. The number of carbonyl (C=O) groups is 1. The second-order valence-electron chi connectivity index (χ2n) is 10.3. The summed E-state index contributed by atoms with van der Waals surface area (Å²) in [5.74, 6) is -3.78. The number of aliphatic hydroxyl groups excluding tert-OH is 2. The van der Waals surface area contributed by atoms with Gasteiger partial charge in [-0.1, -0.05) is 18.2 Å². The Morgan fingerprint density at radius 1 is 0.975 bits per heavy atom. The fourth-order valence-electron chi connectivity index (χ4n) is 6.65. The molecule has 6 rings (SSSR count). The van der Waals surface area contributed by atoms with E-state index in [2.05, 4.69) is 15.0 Å². The Morgan fingerprint density at radius 2 is 1.73 bits per heavy atom. The van der Waals surface area contributed by atoms with E-state index in [1.165, 1.54) is 29.1 Å². The first-order valence-electron chi connectivity index (χ1n) is 13.1. The monoisotopic (exact) mass is 551 g/mol. The second kappa shape index (κ2) is 10.1. The summed E-state index contributed by atoms with van der Waals surface area (Å²) >= 11 is 0. The van der Waals surface area contributed by atoms with Crippen LogP contribution in [-0.4, -0.2) is 58.5 Å². The lowest BCUT2D eigenvalue weighted by molar-refractivity contribution is 0.0109. The first-order valence-corrected chi connectivity index (χ1v) is 13.1. The van der Waals surface area contributed by atoms with Crippen LogP contribution in [0.5, 0.6) is 0 Å². The molecule has 3 aromatic heterocycles. The number of nitrogens with zero attached hydrogens (tertiary/aromatic N) is 4. The summed E-state index contributed by atoms with van der Waals surface area (Å²) in [7, 11) is 0. The summed E-state index contributed by atoms with van der Waals surface area (Å²) in [6.07, 6.45) is -0.0308. The summed E-state index contributed by atoms with van der Waals surface area (Å²) in [6, 6.07) is 8.38. The average Bonchev–Trinajstić information content (AvgIpc) is 3.23. The van der Waals surface area contributed by atoms with Gasteiger partial charge in [0.25, 0.3) is 0 Å². The number of hydrogen-bond acceptors (Lipinski definition) is 6. The van der Waals surface area contributed by atoms with Crippen molar-refractivity contribution in [2.75, 3.05) is 6.54 Å². The lowest BCUT2D eigenvalue weighted by Gasteiger charge is -2.48. The zero-order valence-corrected chi connectivity index (χ0v) is 21.2. The minimum Gasteiger partial charge on any atom is -0.465 e. The number of likely N-dealkylation sites (tertiary alicyclic amines) is 1. The lowest BCUT2D eigenvalue weighted by Crippen LogP contribution is -2.50. The highest BCUT2D eigenvalue weighted by Crippen LogP contribution is 2.53. The third-order valence-corrected chi connectivity index (χ3v) is 8.32. The average molecular weight is 552 g/mol. The zero-order chi connectivity index (χ0) is 28.1. The van der Waals surface area contributed by atoms with E-state index in [9.17, 15) is 29.3 Å². The van der Waals surface area contributed by atoms with Gasteiger partial charge in [-0.2, -0.15) is 0 Å². The van der Waals surface area contributed by atoms with Crippen molar-refractivity contribution in [1.29, 1.82) is 0 Å². The Hall–Kier alpha value is -4.16. The number of nitrogens with one attached hydrogen (secondary N) is 1. The van der Waals surface area contributed by atoms with Crippen molar-refractivity contribution in [1.82, 2.24) is 24.4 Å². The second-order valence-corrected chi connectivity index (χ2v) is 10.3. The number of imidazole rings is 1. The Labute approximate surface area is 226 Å². The number of aromatic amines is 1. The van der Waals surface area contributed by atoms with Gasteiger partial charge in [0.1, 0.15) is 6.10 Å². The van der Waals surface area contributed by atoms with E-state index < -0.39 is 59.5 Å². The molecule has 6 atom stereocenters. The smallest absolute Gasteiger partial charge is 0.407 e. The van der Waals surface area contributed by atoms with Crippen LogP contribution in [0.1, 0.15) is 60.2 Å². The molecule has 0 radical (unpaired) electrons. The van der Waals surface area contributed by atoms with Crippen LogP contribution < -0.4 is 5.69 Å². The highest BCUT2D eigenvalue weighted by molar-refractivity contribution is 5.70. The van der Waals surface area contributed by atoms with Gasteiger partial charge in [-0.25, -0.2) is 23.4 Å². The maximum atomic E-state index is 15.5. The summed E-state index contributed by atoms with van der Waals surface area (Å²) in [5, 5.41) is 31.8.